The lowest BCUT2D eigenvalue weighted by molar-refractivity contribution is 0.0914. The predicted molar refractivity (Wildman–Crippen MR) is 120 cm³/mol. The number of pyridine rings is 1. The van der Waals surface area contributed by atoms with Gasteiger partial charge in [0.15, 0.2) is 0 Å². The van der Waals surface area contributed by atoms with Gasteiger partial charge < -0.3 is 4.74 Å². The minimum absolute atomic E-state index is 0.211. The van der Waals surface area contributed by atoms with Crippen LogP contribution >= 0.6 is 0 Å². The highest BCUT2D eigenvalue weighted by Crippen LogP contribution is 2.27. The molecule has 0 unspecified atom stereocenters. The lowest BCUT2D eigenvalue weighted by Gasteiger charge is -2.11. The summed E-state index contributed by atoms with van der Waals surface area (Å²) < 4.78 is 4.78. The summed E-state index contributed by atoms with van der Waals surface area (Å²) in [6, 6.07) is 27.3. The van der Waals surface area contributed by atoms with Crippen LogP contribution in [0.15, 0.2) is 84.9 Å². The van der Waals surface area contributed by atoms with E-state index in [9.17, 15) is 9.59 Å². The molecular weight excluding hydrogens is 390 g/mol. The Morgan fingerprint density at radius 3 is 2.19 bits per heavy atom. The lowest BCUT2D eigenvalue weighted by Crippen LogP contribution is -2.42. The van der Waals surface area contributed by atoms with Gasteiger partial charge in [-0.3, -0.25) is 10.2 Å². The molecule has 6 heteroatoms. The van der Waals surface area contributed by atoms with E-state index < -0.39 is 12.0 Å². The number of para-hydroxylation sites is 1. The maximum Gasteiger partial charge on any atom is 0.426 e. The molecule has 2 N–H and O–H groups in total. The first-order valence-electron chi connectivity index (χ1n) is 9.94. The summed E-state index contributed by atoms with van der Waals surface area (Å²) in [7, 11) is 0. The van der Waals surface area contributed by atoms with Crippen molar-refractivity contribution in [3.05, 3.63) is 90.5 Å². The number of ether oxygens (including phenoxy) is 1. The van der Waals surface area contributed by atoms with Gasteiger partial charge in [0.1, 0.15) is 0 Å². The molecule has 0 fully saturated rings. The van der Waals surface area contributed by atoms with Crippen LogP contribution in [0.2, 0.25) is 0 Å². The first-order valence-corrected chi connectivity index (χ1v) is 9.94. The van der Waals surface area contributed by atoms with Gasteiger partial charge in [-0.25, -0.2) is 15.2 Å². The molecule has 4 aromatic rings. The van der Waals surface area contributed by atoms with Crippen molar-refractivity contribution in [2.75, 3.05) is 6.61 Å². The number of nitrogens with one attached hydrogen (secondary N) is 2. The third-order valence-corrected chi connectivity index (χ3v) is 4.80. The van der Waals surface area contributed by atoms with E-state index in [0.717, 1.165) is 16.7 Å². The summed E-state index contributed by atoms with van der Waals surface area (Å²) in [5.74, 6) is -0.450. The second-order valence-corrected chi connectivity index (χ2v) is 6.82. The first kappa shape index (κ1) is 20.1. The quantitative estimate of drug-likeness (QED) is 0.465. The Kier molecular flexibility index (Phi) is 5.89. The molecule has 0 bridgehead atoms. The molecule has 0 aliphatic rings. The van der Waals surface area contributed by atoms with Crippen LogP contribution in [0.5, 0.6) is 0 Å². The van der Waals surface area contributed by atoms with E-state index in [0.29, 0.717) is 22.2 Å². The number of carbonyl (C=O) groups is 2. The van der Waals surface area contributed by atoms with Crippen molar-refractivity contribution in [3.8, 4) is 22.4 Å². The standard InChI is InChI=1S/C25H21N3O3/c1-2-31-25(30)28-27-24(29)21-16-23(26-22-11-7-6-10-20(21)22)19-14-12-18(13-15-19)17-8-4-3-5-9-17/h3-16H,2H2,1H3,(H,27,29)(H,28,30). The van der Waals surface area contributed by atoms with Gasteiger partial charge in [0, 0.05) is 10.9 Å². The molecule has 6 nitrogen and oxygen atoms in total. The van der Waals surface area contributed by atoms with Crippen LogP contribution in [-0.2, 0) is 4.74 Å². The van der Waals surface area contributed by atoms with Crippen LogP contribution < -0.4 is 10.9 Å². The molecule has 0 atom stereocenters. The Morgan fingerprint density at radius 2 is 1.45 bits per heavy atom. The number of nitrogens with zero attached hydrogens (tertiary/aromatic N) is 1. The van der Waals surface area contributed by atoms with Crippen LogP contribution in [0.25, 0.3) is 33.3 Å². The smallest absolute Gasteiger partial charge is 0.426 e. The van der Waals surface area contributed by atoms with E-state index in [1.54, 1.807) is 13.0 Å². The van der Waals surface area contributed by atoms with Gasteiger partial charge >= 0.3 is 6.09 Å². The number of hydrogen-bond acceptors (Lipinski definition) is 4. The van der Waals surface area contributed by atoms with Gasteiger partial charge in [0.05, 0.1) is 23.4 Å². The Morgan fingerprint density at radius 1 is 0.806 bits per heavy atom. The summed E-state index contributed by atoms with van der Waals surface area (Å²) in [6.07, 6.45) is -0.717. The monoisotopic (exact) mass is 411 g/mol. The number of hydrazine groups is 1. The van der Waals surface area contributed by atoms with Crippen molar-refractivity contribution in [1.29, 1.82) is 0 Å². The molecule has 154 valence electrons. The van der Waals surface area contributed by atoms with Crippen molar-refractivity contribution < 1.29 is 14.3 Å². The number of fused-ring (bicyclic) bond motifs is 1. The molecular formula is C25H21N3O3. The van der Waals surface area contributed by atoms with Gasteiger partial charge in [-0.05, 0) is 30.2 Å². The van der Waals surface area contributed by atoms with Crippen molar-refractivity contribution in [1.82, 2.24) is 15.8 Å². The zero-order valence-corrected chi connectivity index (χ0v) is 17.0. The fourth-order valence-corrected chi connectivity index (χ4v) is 3.32. The van der Waals surface area contributed by atoms with Crippen LogP contribution in [0.3, 0.4) is 0 Å². The highest BCUT2D eigenvalue weighted by atomic mass is 16.5. The molecule has 4 rings (SSSR count). The van der Waals surface area contributed by atoms with Crippen LogP contribution in [-0.4, -0.2) is 23.6 Å². The topological polar surface area (TPSA) is 80.3 Å². The van der Waals surface area contributed by atoms with Crippen LogP contribution in [0.1, 0.15) is 17.3 Å². The summed E-state index contributed by atoms with van der Waals surface area (Å²) in [5, 5.41) is 0.690. The van der Waals surface area contributed by atoms with Gasteiger partial charge in [-0.2, -0.15) is 0 Å². The fourth-order valence-electron chi connectivity index (χ4n) is 3.32. The summed E-state index contributed by atoms with van der Waals surface area (Å²) >= 11 is 0. The van der Waals surface area contributed by atoms with E-state index in [1.165, 1.54) is 0 Å². The van der Waals surface area contributed by atoms with Gasteiger partial charge in [0.25, 0.3) is 5.91 Å². The van der Waals surface area contributed by atoms with E-state index in [4.69, 9.17) is 9.72 Å². The zero-order chi connectivity index (χ0) is 21.6. The average Bonchev–Trinajstić information content (AvgIpc) is 2.82. The second kappa shape index (κ2) is 9.09. The fraction of sp³-hybridized carbons (Fsp3) is 0.0800. The second-order valence-electron chi connectivity index (χ2n) is 6.82. The van der Waals surface area contributed by atoms with Gasteiger partial charge in [0.2, 0.25) is 0 Å². The van der Waals surface area contributed by atoms with Crippen molar-refractivity contribution in [3.63, 3.8) is 0 Å². The molecule has 2 amide bonds. The number of carbonyl (C=O) groups excluding carboxylic acids is 2. The highest BCUT2D eigenvalue weighted by molar-refractivity contribution is 6.07. The molecule has 1 aromatic heterocycles. The molecule has 3 aromatic carbocycles. The van der Waals surface area contributed by atoms with E-state index in [1.807, 2.05) is 66.7 Å². The first-order chi connectivity index (χ1) is 15.2. The zero-order valence-electron chi connectivity index (χ0n) is 17.0. The SMILES string of the molecule is CCOC(=O)NNC(=O)c1cc(-c2ccc(-c3ccccc3)cc2)nc2ccccc12. The van der Waals surface area contributed by atoms with Crippen molar-refractivity contribution in [2.45, 2.75) is 6.92 Å². The number of hydrogen-bond donors (Lipinski definition) is 2. The predicted octanol–water partition coefficient (Wildman–Crippen LogP) is 4.96. The minimum Gasteiger partial charge on any atom is -0.449 e. The van der Waals surface area contributed by atoms with Crippen molar-refractivity contribution >= 4 is 22.9 Å². The lowest BCUT2D eigenvalue weighted by atomic mass is 10.0. The average molecular weight is 411 g/mol. The molecule has 0 aliphatic carbocycles. The highest BCUT2D eigenvalue weighted by Gasteiger charge is 2.15. The number of amides is 2. The number of benzene rings is 3. The largest absolute Gasteiger partial charge is 0.449 e. The molecule has 1 heterocycles. The normalized spacial score (nSPS) is 10.5. The molecule has 0 spiro atoms. The molecule has 31 heavy (non-hydrogen) atoms. The van der Waals surface area contributed by atoms with Crippen molar-refractivity contribution in [2.24, 2.45) is 0 Å². The van der Waals surface area contributed by atoms with Crippen LogP contribution in [0, 0.1) is 0 Å². The minimum atomic E-state index is -0.717. The third kappa shape index (κ3) is 4.53. The van der Waals surface area contributed by atoms with Gasteiger partial charge in [-0.15, -0.1) is 0 Å². The van der Waals surface area contributed by atoms with E-state index in [-0.39, 0.29) is 6.61 Å². The summed E-state index contributed by atoms with van der Waals surface area (Å²) in [5.41, 5.74) is 9.52. The summed E-state index contributed by atoms with van der Waals surface area (Å²) in [6.45, 7) is 1.90. The maximum atomic E-state index is 12.8. The van der Waals surface area contributed by atoms with E-state index >= 15 is 0 Å². The molecule has 0 saturated carbocycles. The third-order valence-electron chi connectivity index (χ3n) is 4.80. The van der Waals surface area contributed by atoms with Gasteiger partial charge in [-0.1, -0.05) is 72.8 Å². The Balaban J connectivity index is 1.67. The summed E-state index contributed by atoms with van der Waals surface area (Å²) in [4.78, 5) is 29.0. The van der Waals surface area contributed by atoms with E-state index in [2.05, 4.69) is 23.0 Å². The molecule has 0 radical (unpaired) electrons. The molecule has 0 aliphatic heterocycles. The number of rotatable bonds is 4. The Labute approximate surface area is 179 Å². The van der Waals surface area contributed by atoms with Crippen LogP contribution in [0.4, 0.5) is 4.79 Å². The molecule has 0 saturated heterocycles. The Hall–Kier alpha value is -4.19. The Bertz CT molecular complexity index is 1220. The maximum absolute atomic E-state index is 12.8. The number of aromatic nitrogens is 1.